The average molecular weight is 238 g/mol. The Morgan fingerprint density at radius 1 is 1.35 bits per heavy atom. The van der Waals surface area contributed by atoms with Crippen molar-refractivity contribution in [2.75, 3.05) is 34.4 Å². The highest BCUT2D eigenvalue weighted by Crippen LogP contribution is 2.27. The topological polar surface area (TPSA) is 64.8 Å². The molecule has 0 aliphatic rings. The van der Waals surface area contributed by atoms with E-state index >= 15 is 0 Å². The Morgan fingerprint density at radius 3 is 2.59 bits per heavy atom. The maximum absolute atomic E-state index is 11.1. The number of amides is 1. The van der Waals surface area contributed by atoms with Crippen molar-refractivity contribution in [1.82, 2.24) is 4.90 Å². The Hall–Kier alpha value is -1.75. The van der Waals surface area contributed by atoms with Crippen molar-refractivity contribution in [1.29, 1.82) is 0 Å². The van der Waals surface area contributed by atoms with Gasteiger partial charge in [0, 0.05) is 12.1 Å². The van der Waals surface area contributed by atoms with Crippen LogP contribution in [0.1, 0.15) is 10.4 Å². The lowest BCUT2D eigenvalue weighted by molar-refractivity contribution is 0.0999. The maximum Gasteiger partial charge on any atom is 0.248 e. The molecular formula is C12H18N2O3. The van der Waals surface area contributed by atoms with E-state index in [0.717, 1.165) is 6.54 Å². The fraction of sp³-hybridized carbons (Fsp3) is 0.417. The van der Waals surface area contributed by atoms with Gasteiger partial charge in [0.05, 0.1) is 7.11 Å². The van der Waals surface area contributed by atoms with E-state index < -0.39 is 5.91 Å². The molecule has 0 unspecified atom stereocenters. The second-order valence-electron chi connectivity index (χ2n) is 3.88. The number of carbonyl (C=O) groups is 1. The van der Waals surface area contributed by atoms with Crippen LogP contribution in [0.25, 0.3) is 0 Å². The molecule has 5 nitrogen and oxygen atoms in total. The van der Waals surface area contributed by atoms with Gasteiger partial charge in [0.15, 0.2) is 11.5 Å². The second kappa shape index (κ2) is 6.10. The highest BCUT2D eigenvalue weighted by atomic mass is 16.5. The Bertz CT molecular complexity index is 391. The molecule has 0 aliphatic heterocycles. The molecule has 17 heavy (non-hydrogen) atoms. The molecular weight excluding hydrogens is 220 g/mol. The number of nitrogens with zero attached hydrogens (tertiary/aromatic N) is 1. The van der Waals surface area contributed by atoms with E-state index in [-0.39, 0.29) is 0 Å². The highest BCUT2D eigenvalue weighted by Gasteiger charge is 2.08. The van der Waals surface area contributed by atoms with Crippen LogP contribution in [0.3, 0.4) is 0 Å². The Kier molecular flexibility index (Phi) is 4.78. The molecule has 0 saturated heterocycles. The van der Waals surface area contributed by atoms with Gasteiger partial charge in [-0.15, -0.1) is 0 Å². The van der Waals surface area contributed by atoms with Crippen LogP contribution in [0.4, 0.5) is 0 Å². The zero-order chi connectivity index (χ0) is 12.8. The summed E-state index contributed by atoms with van der Waals surface area (Å²) in [5, 5.41) is 0. The zero-order valence-electron chi connectivity index (χ0n) is 10.4. The molecule has 0 fully saturated rings. The van der Waals surface area contributed by atoms with E-state index in [4.69, 9.17) is 15.2 Å². The molecule has 0 aromatic heterocycles. The van der Waals surface area contributed by atoms with Crippen molar-refractivity contribution >= 4 is 5.91 Å². The van der Waals surface area contributed by atoms with Crippen molar-refractivity contribution in [2.24, 2.45) is 5.73 Å². The Labute approximate surface area is 101 Å². The molecule has 5 heteroatoms. The summed E-state index contributed by atoms with van der Waals surface area (Å²) in [6.45, 7) is 1.30. The van der Waals surface area contributed by atoms with Gasteiger partial charge in [-0.3, -0.25) is 4.79 Å². The Balaban J connectivity index is 2.79. The molecule has 0 atom stereocenters. The van der Waals surface area contributed by atoms with E-state index in [9.17, 15) is 4.79 Å². The number of rotatable bonds is 6. The first kappa shape index (κ1) is 13.3. The quantitative estimate of drug-likeness (QED) is 0.793. The minimum Gasteiger partial charge on any atom is -0.493 e. The molecule has 1 aromatic carbocycles. The maximum atomic E-state index is 11.1. The number of likely N-dealkylation sites (N-methyl/N-ethyl adjacent to an activating group) is 1. The van der Waals surface area contributed by atoms with Crippen molar-refractivity contribution in [2.45, 2.75) is 0 Å². The van der Waals surface area contributed by atoms with Gasteiger partial charge in [-0.05, 0) is 32.3 Å². The van der Waals surface area contributed by atoms with E-state index in [2.05, 4.69) is 0 Å². The summed E-state index contributed by atoms with van der Waals surface area (Å²) in [4.78, 5) is 13.1. The van der Waals surface area contributed by atoms with Gasteiger partial charge in [0.1, 0.15) is 6.61 Å². The SMILES string of the molecule is COc1ccc(C(N)=O)cc1OCCN(C)C. The van der Waals surface area contributed by atoms with Crippen molar-refractivity contribution in [3.63, 3.8) is 0 Å². The second-order valence-corrected chi connectivity index (χ2v) is 3.88. The fourth-order valence-electron chi connectivity index (χ4n) is 1.28. The zero-order valence-corrected chi connectivity index (χ0v) is 10.4. The lowest BCUT2D eigenvalue weighted by Crippen LogP contribution is -2.19. The number of ether oxygens (including phenoxy) is 2. The van der Waals surface area contributed by atoms with Crippen LogP contribution in [-0.2, 0) is 0 Å². The van der Waals surface area contributed by atoms with Gasteiger partial charge in [0.2, 0.25) is 5.91 Å². The molecule has 0 saturated carbocycles. The standard InChI is InChI=1S/C12H18N2O3/c1-14(2)6-7-17-11-8-9(12(13)15)4-5-10(11)16-3/h4-5,8H,6-7H2,1-3H3,(H2,13,15). The van der Waals surface area contributed by atoms with Crippen LogP contribution in [-0.4, -0.2) is 45.2 Å². The first-order valence-electron chi connectivity index (χ1n) is 5.30. The molecule has 94 valence electrons. The summed E-state index contributed by atoms with van der Waals surface area (Å²) >= 11 is 0. The largest absolute Gasteiger partial charge is 0.493 e. The van der Waals surface area contributed by atoms with Crippen LogP contribution in [0, 0.1) is 0 Å². The normalized spacial score (nSPS) is 10.4. The van der Waals surface area contributed by atoms with Gasteiger partial charge in [-0.1, -0.05) is 0 Å². The number of methoxy groups -OCH3 is 1. The first-order valence-corrected chi connectivity index (χ1v) is 5.30. The minimum absolute atomic E-state index is 0.408. The summed E-state index contributed by atoms with van der Waals surface area (Å²) in [6, 6.07) is 4.88. The molecule has 0 aliphatic carbocycles. The van der Waals surface area contributed by atoms with Gasteiger partial charge in [-0.25, -0.2) is 0 Å². The van der Waals surface area contributed by atoms with Gasteiger partial charge in [-0.2, -0.15) is 0 Å². The van der Waals surface area contributed by atoms with Crippen molar-refractivity contribution < 1.29 is 14.3 Å². The van der Waals surface area contributed by atoms with E-state index in [1.165, 1.54) is 0 Å². The molecule has 1 aromatic rings. The van der Waals surface area contributed by atoms with Crippen molar-refractivity contribution in [3.05, 3.63) is 23.8 Å². The van der Waals surface area contributed by atoms with Gasteiger partial charge in [0.25, 0.3) is 0 Å². The lowest BCUT2D eigenvalue weighted by atomic mass is 10.2. The van der Waals surface area contributed by atoms with E-state index in [0.29, 0.717) is 23.7 Å². The number of hydrogen-bond acceptors (Lipinski definition) is 4. The number of hydrogen-bond donors (Lipinski definition) is 1. The number of benzene rings is 1. The summed E-state index contributed by atoms with van der Waals surface area (Å²) in [7, 11) is 5.47. The summed E-state index contributed by atoms with van der Waals surface area (Å²) < 4.78 is 10.7. The lowest BCUT2D eigenvalue weighted by Gasteiger charge is -2.13. The smallest absolute Gasteiger partial charge is 0.248 e. The monoisotopic (exact) mass is 238 g/mol. The molecule has 0 bridgehead atoms. The molecule has 1 rings (SSSR count). The number of nitrogens with two attached hydrogens (primary N) is 1. The molecule has 0 spiro atoms. The average Bonchev–Trinajstić information content (AvgIpc) is 2.28. The van der Waals surface area contributed by atoms with Crippen LogP contribution in [0.5, 0.6) is 11.5 Å². The predicted molar refractivity (Wildman–Crippen MR) is 65.6 cm³/mol. The van der Waals surface area contributed by atoms with Crippen molar-refractivity contribution in [3.8, 4) is 11.5 Å². The van der Waals surface area contributed by atoms with Gasteiger partial charge < -0.3 is 20.1 Å². The van der Waals surface area contributed by atoms with E-state index in [1.807, 2.05) is 19.0 Å². The predicted octanol–water partition coefficient (Wildman–Crippen LogP) is 0.734. The highest BCUT2D eigenvalue weighted by molar-refractivity contribution is 5.93. The third-order valence-electron chi connectivity index (χ3n) is 2.24. The summed E-state index contributed by atoms with van der Waals surface area (Å²) in [5.74, 6) is 0.643. The molecule has 0 heterocycles. The summed E-state index contributed by atoms with van der Waals surface area (Å²) in [5.41, 5.74) is 5.62. The summed E-state index contributed by atoms with van der Waals surface area (Å²) in [6.07, 6.45) is 0. The molecule has 2 N–H and O–H groups in total. The number of primary amides is 1. The van der Waals surface area contributed by atoms with Gasteiger partial charge >= 0.3 is 0 Å². The Morgan fingerprint density at radius 2 is 2.06 bits per heavy atom. The van der Waals surface area contributed by atoms with Crippen LogP contribution in [0.2, 0.25) is 0 Å². The molecule has 1 amide bonds. The van der Waals surface area contributed by atoms with E-state index in [1.54, 1.807) is 25.3 Å². The minimum atomic E-state index is -0.481. The first-order chi connectivity index (χ1) is 8.04. The van der Waals surface area contributed by atoms with Crippen LogP contribution < -0.4 is 15.2 Å². The number of carbonyl (C=O) groups excluding carboxylic acids is 1. The van der Waals surface area contributed by atoms with Crippen LogP contribution >= 0.6 is 0 Å². The third kappa shape index (κ3) is 3.96. The fourth-order valence-corrected chi connectivity index (χ4v) is 1.28. The third-order valence-corrected chi connectivity index (χ3v) is 2.24. The van der Waals surface area contributed by atoms with Crippen LogP contribution in [0.15, 0.2) is 18.2 Å². The molecule has 0 radical (unpaired) electrons.